The fraction of sp³-hybridized carbons (Fsp3) is 0.583. The minimum Gasteiger partial charge on any atom is -0.756 e. The summed E-state index contributed by atoms with van der Waals surface area (Å²) in [5.74, 6) is -0.964. The highest BCUT2D eigenvalue weighted by Gasteiger charge is 2.21. The summed E-state index contributed by atoms with van der Waals surface area (Å²) in [6.07, 6.45) is 49.3. The molecule has 0 aliphatic carbocycles. The number of hydrogen-bond acceptors (Lipinski definition) is 9. The molecule has 0 bridgehead atoms. The third-order valence-electron chi connectivity index (χ3n) is 8.45. The Bertz CT molecular complexity index is 1380. The first-order valence-electron chi connectivity index (χ1n) is 21.7. The third kappa shape index (κ3) is 42.6. The molecule has 0 amide bonds. The van der Waals surface area contributed by atoms with Crippen molar-refractivity contribution >= 4 is 19.8 Å². The number of esters is 2. The maximum atomic E-state index is 12.7. The lowest BCUT2D eigenvalue weighted by molar-refractivity contribution is -0.870. The van der Waals surface area contributed by atoms with Crippen LogP contribution in [0.25, 0.3) is 0 Å². The maximum absolute atomic E-state index is 12.7. The van der Waals surface area contributed by atoms with Gasteiger partial charge in [-0.05, 0) is 83.5 Å². The van der Waals surface area contributed by atoms with E-state index in [0.29, 0.717) is 36.7 Å². The van der Waals surface area contributed by atoms with E-state index in [9.17, 15) is 24.2 Å². The second-order valence-electron chi connectivity index (χ2n) is 15.1. The molecule has 0 saturated carbocycles. The number of carbonyl (C=O) groups excluding carboxylic acids is 2. The summed E-state index contributed by atoms with van der Waals surface area (Å²) in [5.41, 5.74) is 0. The summed E-state index contributed by atoms with van der Waals surface area (Å²) in [4.78, 5) is 37.5. The number of quaternary nitrogens is 1. The SMILES string of the molecule is CC/C=C\C/C=C\C/C=C\C/C=C\CCCCCCC(=O)O[C@H](COC(=O)CCC/C=C\C/C=C\C/C=C\C/C=C\C=C\[C@@H](O)CC)COP(=O)([O-])OCC[N+](C)(C)C. The van der Waals surface area contributed by atoms with Gasteiger partial charge in [0.25, 0.3) is 7.82 Å². The zero-order valence-corrected chi connectivity index (χ0v) is 37.9. The molecule has 0 radical (unpaired) electrons. The quantitative estimate of drug-likeness (QED) is 0.0162. The average Bonchev–Trinajstić information content (AvgIpc) is 3.19. The van der Waals surface area contributed by atoms with Gasteiger partial charge in [0.15, 0.2) is 6.10 Å². The Morgan fingerprint density at radius 3 is 1.69 bits per heavy atom. The van der Waals surface area contributed by atoms with Gasteiger partial charge in [-0.2, -0.15) is 0 Å². The lowest BCUT2D eigenvalue weighted by Crippen LogP contribution is -2.37. The first kappa shape index (κ1) is 55.6. The van der Waals surface area contributed by atoms with Gasteiger partial charge in [0.2, 0.25) is 0 Å². The number of rotatable bonds is 37. The predicted molar refractivity (Wildman–Crippen MR) is 241 cm³/mol. The van der Waals surface area contributed by atoms with E-state index in [1.165, 1.54) is 0 Å². The molecule has 1 unspecified atom stereocenters. The zero-order chi connectivity index (χ0) is 43.7. The summed E-state index contributed by atoms with van der Waals surface area (Å²) in [5, 5.41) is 9.48. The number of ether oxygens (including phenoxy) is 2. The van der Waals surface area contributed by atoms with Gasteiger partial charge in [-0.1, -0.05) is 136 Å². The van der Waals surface area contributed by atoms with E-state index >= 15 is 0 Å². The lowest BCUT2D eigenvalue weighted by Gasteiger charge is -2.28. The van der Waals surface area contributed by atoms with Gasteiger partial charge < -0.3 is 33.0 Å². The number of likely N-dealkylation sites (N-methyl/N-ethyl adjacent to an activating group) is 1. The molecule has 10 nitrogen and oxygen atoms in total. The van der Waals surface area contributed by atoms with E-state index in [1.54, 1.807) is 6.08 Å². The molecule has 0 aliphatic rings. The van der Waals surface area contributed by atoms with E-state index < -0.39 is 32.5 Å². The van der Waals surface area contributed by atoms with Crippen LogP contribution in [-0.2, 0) is 32.7 Å². The molecular weight excluding hydrogens is 766 g/mol. The Morgan fingerprint density at radius 2 is 1.14 bits per heavy atom. The minimum atomic E-state index is -4.66. The number of unbranched alkanes of at least 4 members (excludes halogenated alkanes) is 5. The topological polar surface area (TPSA) is 131 Å². The molecule has 0 aromatic heterocycles. The molecule has 0 saturated heterocycles. The van der Waals surface area contributed by atoms with Crippen molar-refractivity contribution in [2.45, 2.75) is 135 Å². The molecule has 0 fully saturated rings. The van der Waals surface area contributed by atoms with E-state index in [-0.39, 0.29) is 32.2 Å². The molecular formula is C48H78NO9P. The smallest absolute Gasteiger partial charge is 0.306 e. The van der Waals surface area contributed by atoms with Gasteiger partial charge in [-0.3, -0.25) is 14.2 Å². The molecule has 0 rings (SSSR count). The number of carbonyl (C=O) groups is 2. The van der Waals surface area contributed by atoms with Crippen molar-refractivity contribution in [2.75, 3.05) is 47.5 Å². The van der Waals surface area contributed by atoms with Crippen molar-refractivity contribution in [2.24, 2.45) is 0 Å². The van der Waals surface area contributed by atoms with E-state index in [4.69, 9.17) is 18.5 Å². The highest BCUT2D eigenvalue weighted by molar-refractivity contribution is 7.45. The lowest BCUT2D eigenvalue weighted by atomic mass is 10.1. The largest absolute Gasteiger partial charge is 0.756 e. The van der Waals surface area contributed by atoms with E-state index in [0.717, 1.165) is 70.6 Å². The number of aliphatic hydroxyl groups is 1. The molecule has 0 heterocycles. The van der Waals surface area contributed by atoms with Gasteiger partial charge in [-0.15, -0.1) is 0 Å². The Labute approximate surface area is 358 Å². The fourth-order valence-corrected chi connectivity index (χ4v) is 5.65. The van der Waals surface area contributed by atoms with Crippen molar-refractivity contribution in [3.8, 4) is 0 Å². The summed E-state index contributed by atoms with van der Waals surface area (Å²) in [6, 6.07) is 0. The number of hydrogen-bond donors (Lipinski definition) is 1. The molecule has 11 heteroatoms. The van der Waals surface area contributed by atoms with Crippen LogP contribution in [0.1, 0.15) is 123 Å². The Balaban J connectivity index is 4.55. The van der Waals surface area contributed by atoms with Gasteiger partial charge in [0.1, 0.15) is 19.8 Å². The monoisotopic (exact) mass is 844 g/mol. The molecule has 334 valence electrons. The predicted octanol–water partition coefficient (Wildman–Crippen LogP) is 10.7. The maximum Gasteiger partial charge on any atom is 0.306 e. The molecule has 59 heavy (non-hydrogen) atoms. The average molecular weight is 844 g/mol. The summed E-state index contributed by atoms with van der Waals surface area (Å²) in [7, 11) is 1.07. The van der Waals surface area contributed by atoms with Gasteiger partial charge >= 0.3 is 11.9 Å². The van der Waals surface area contributed by atoms with Gasteiger partial charge in [0.05, 0.1) is 33.9 Å². The van der Waals surface area contributed by atoms with Crippen molar-refractivity contribution in [1.82, 2.24) is 0 Å². The fourth-order valence-electron chi connectivity index (χ4n) is 4.92. The van der Waals surface area contributed by atoms with E-state index in [2.05, 4.69) is 79.8 Å². The standard InChI is InChI=1S/C48H78NO9P/c1-6-8-9-10-11-12-13-14-15-16-17-22-25-28-31-34-37-40-48(52)58-46(44-57-59(53,54)56-42-41-49(3,4)5)43-55-47(51)39-36-33-30-27-24-21-19-18-20-23-26-29-32-35-38-45(50)7-2/h8-9,11-12,14-15,17,19-23,27,29-30,32,35,38,45-46,50H,6-7,10,13,16,18,24-26,28,31,33-34,36-37,39-44H2,1-5H3/b9-8-,12-11-,15-14-,21-19-,22-17-,23-20-,30-27-,32-29-,38-35+/t45-,46+/m0/s1. The number of aliphatic hydroxyl groups excluding tert-OH is 1. The van der Waals surface area contributed by atoms with Crippen LogP contribution in [0.5, 0.6) is 0 Å². The second-order valence-corrected chi connectivity index (χ2v) is 16.6. The summed E-state index contributed by atoms with van der Waals surface area (Å²) in [6.45, 7) is 3.64. The number of allylic oxidation sites excluding steroid dienone is 17. The molecule has 0 aromatic carbocycles. The Hall–Kier alpha value is -3.37. The van der Waals surface area contributed by atoms with Crippen LogP contribution in [-0.4, -0.2) is 81.2 Å². The van der Waals surface area contributed by atoms with Crippen LogP contribution in [0.15, 0.2) is 109 Å². The minimum absolute atomic E-state index is 0.0578. The van der Waals surface area contributed by atoms with Crippen molar-refractivity contribution in [1.29, 1.82) is 0 Å². The molecule has 0 spiro atoms. The second kappa shape index (κ2) is 38.8. The van der Waals surface area contributed by atoms with Crippen LogP contribution in [0.2, 0.25) is 0 Å². The summed E-state index contributed by atoms with van der Waals surface area (Å²) >= 11 is 0. The number of nitrogens with zero attached hydrogens (tertiary/aromatic N) is 1. The first-order chi connectivity index (χ1) is 28.4. The van der Waals surface area contributed by atoms with Crippen molar-refractivity contribution in [3.05, 3.63) is 109 Å². The highest BCUT2D eigenvalue weighted by Crippen LogP contribution is 2.38. The third-order valence-corrected chi connectivity index (χ3v) is 9.41. The van der Waals surface area contributed by atoms with Crippen LogP contribution in [0.3, 0.4) is 0 Å². The number of phosphoric acid groups is 1. The van der Waals surface area contributed by atoms with Gasteiger partial charge in [-0.25, -0.2) is 0 Å². The molecule has 1 N–H and O–H groups in total. The van der Waals surface area contributed by atoms with Crippen molar-refractivity contribution in [3.63, 3.8) is 0 Å². The van der Waals surface area contributed by atoms with Crippen molar-refractivity contribution < 1.29 is 47.2 Å². The molecule has 0 aliphatic heterocycles. The normalized spacial score (nSPS) is 15.2. The zero-order valence-electron chi connectivity index (χ0n) is 37.0. The van der Waals surface area contributed by atoms with Gasteiger partial charge in [0, 0.05) is 12.8 Å². The summed E-state index contributed by atoms with van der Waals surface area (Å²) < 4.78 is 33.8. The molecule has 0 aromatic rings. The Kier molecular flexibility index (Phi) is 36.6. The van der Waals surface area contributed by atoms with Crippen LogP contribution in [0.4, 0.5) is 0 Å². The molecule has 3 atom stereocenters. The van der Waals surface area contributed by atoms with Crippen LogP contribution >= 0.6 is 7.82 Å². The highest BCUT2D eigenvalue weighted by atomic mass is 31.2. The number of phosphoric ester groups is 1. The van der Waals surface area contributed by atoms with Crippen LogP contribution < -0.4 is 4.89 Å². The first-order valence-corrected chi connectivity index (χ1v) is 23.2. The van der Waals surface area contributed by atoms with E-state index in [1.807, 2.05) is 58.4 Å². The Morgan fingerprint density at radius 1 is 0.627 bits per heavy atom. The van der Waals surface area contributed by atoms with Crippen LogP contribution in [0, 0.1) is 0 Å².